The van der Waals surface area contributed by atoms with E-state index in [2.05, 4.69) is 56.4 Å². The lowest BCUT2D eigenvalue weighted by Gasteiger charge is -2.15. The Bertz CT molecular complexity index is 864. The van der Waals surface area contributed by atoms with Crippen LogP contribution in [0.5, 0.6) is 0 Å². The fourth-order valence-corrected chi connectivity index (χ4v) is 2.97. The third-order valence-corrected chi connectivity index (χ3v) is 4.42. The average Bonchev–Trinajstić information content (AvgIpc) is 2.63. The molecular weight excluding hydrogens is 306 g/mol. The Hall–Kier alpha value is -2.87. The predicted octanol–water partition coefficient (Wildman–Crippen LogP) is 6.04. The highest BCUT2D eigenvalue weighted by atomic mass is 16.1. The van der Waals surface area contributed by atoms with Crippen LogP contribution in [-0.4, -0.2) is 5.91 Å². The SMILES string of the molecule is Cc1cccc(NC(=O)c2ccccc2)c1-c1ccc(C(C)C)cc1. The van der Waals surface area contributed by atoms with Gasteiger partial charge in [-0.3, -0.25) is 4.79 Å². The summed E-state index contributed by atoms with van der Waals surface area (Å²) in [5.41, 5.74) is 6.14. The second-order valence-corrected chi connectivity index (χ2v) is 6.59. The molecule has 2 heteroatoms. The molecule has 0 aliphatic rings. The van der Waals surface area contributed by atoms with Crippen LogP contribution >= 0.6 is 0 Å². The van der Waals surface area contributed by atoms with E-state index in [9.17, 15) is 4.79 Å². The minimum absolute atomic E-state index is 0.0914. The van der Waals surface area contributed by atoms with Gasteiger partial charge in [-0.1, -0.05) is 68.4 Å². The molecule has 0 fully saturated rings. The number of carbonyl (C=O) groups excluding carboxylic acids is 1. The van der Waals surface area contributed by atoms with Crippen molar-refractivity contribution in [1.82, 2.24) is 0 Å². The molecule has 0 aromatic heterocycles. The second-order valence-electron chi connectivity index (χ2n) is 6.59. The van der Waals surface area contributed by atoms with Crippen LogP contribution in [0.4, 0.5) is 5.69 Å². The second kappa shape index (κ2) is 7.35. The van der Waals surface area contributed by atoms with Crippen LogP contribution < -0.4 is 5.32 Å². The number of hydrogen-bond acceptors (Lipinski definition) is 1. The van der Waals surface area contributed by atoms with Crippen LogP contribution in [0.2, 0.25) is 0 Å². The van der Waals surface area contributed by atoms with Gasteiger partial charge < -0.3 is 5.32 Å². The molecule has 2 nitrogen and oxygen atoms in total. The smallest absolute Gasteiger partial charge is 0.255 e. The molecule has 0 aliphatic carbocycles. The zero-order valence-electron chi connectivity index (χ0n) is 14.9. The molecular formula is C23H23NO. The molecule has 0 saturated carbocycles. The van der Waals surface area contributed by atoms with E-state index < -0.39 is 0 Å². The number of aryl methyl sites for hydroxylation is 1. The van der Waals surface area contributed by atoms with Gasteiger partial charge in [-0.15, -0.1) is 0 Å². The van der Waals surface area contributed by atoms with Crippen molar-refractivity contribution in [2.45, 2.75) is 26.7 Å². The molecule has 0 aliphatic heterocycles. The first-order chi connectivity index (χ1) is 12.1. The molecule has 25 heavy (non-hydrogen) atoms. The van der Waals surface area contributed by atoms with Gasteiger partial charge in [-0.2, -0.15) is 0 Å². The van der Waals surface area contributed by atoms with Crippen LogP contribution in [0.3, 0.4) is 0 Å². The van der Waals surface area contributed by atoms with Crippen molar-refractivity contribution in [2.24, 2.45) is 0 Å². The Morgan fingerprint density at radius 2 is 1.52 bits per heavy atom. The molecule has 0 heterocycles. The van der Waals surface area contributed by atoms with Crippen LogP contribution in [-0.2, 0) is 0 Å². The summed E-state index contributed by atoms with van der Waals surface area (Å²) in [7, 11) is 0. The third kappa shape index (κ3) is 3.80. The Morgan fingerprint density at radius 1 is 0.840 bits per heavy atom. The fraction of sp³-hybridized carbons (Fsp3) is 0.174. The van der Waals surface area contributed by atoms with Crippen LogP contribution in [0.15, 0.2) is 72.8 Å². The minimum Gasteiger partial charge on any atom is -0.321 e. The normalized spacial score (nSPS) is 10.7. The molecule has 126 valence electrons. The largest absolute Gasteiger partial charge is 0.321 e. The zero-order valence-corrected chi connectivity index (χ0v) is 14.9. The number of amides is 1. The van der Waals surface area contributed by atoms with Crippen molar-refractivity contribution in [2.75, 3.05) is 5.32 Å². The van der Waals surface area contributed by atoms with Gasteiger partial charge in [0.1, 0.15) is 0 Å². The van der Waals surface area contributed by atoms with Gasteiger partial charge >= 0.3 is 0 Å². The van der Waals surface area contributed by atoms with Gasteiger partial charge in [-0.05, 0) is 47.7 Å². The van der Waals surface area contributed by atoms with Gasteiger partial charge in [-0.25, -0.2) is 0 Å². The number of hydrogen-bond donors (Lipinski definition) is 1. The summed E-state index contributed by atoms with van der Waals surface area (Å²) in [6.45, 7) is 6.45. The molecule has 0 spiro atoms. The van der Waals surface area contributed by atoms with Crippen molar-refractivity contribution >= 4 is 11.6 Å². The van der Waals surface area contributed by atoms with Crippen LogP contribution in [0.25, 0.3) is 11.1 Å². The summed E-state index contributed by atoms with van der Waals surface area (Å²) in [6.07, 6.45) is 0. The maximum atomic E-state index is 12.5. The molecule has 0 saturated heterocycles. The Labute approximate surface area is 149 Å². The summed E-state index contributed by atoms with van der Waals surface area (Å²) in [6, 6.07) is 23.9. The van der Waals surface area contributed by atoms with Crippen molar-refractivity contribution in [1.29, 1.82) is 0 Å². The van der Waals surface area contributed by atoms with Crippen LogP contribution in [0, 0.1) is 6.92 Å². The fourth-order valence-electron chi connectivity index (χ4n) is 2.97. The number of carbonyl (C=O) groups is 1. The Kier molecular flexibility index (Phi) is 4.99. The van der Waals surface area contributed by atoms with E-state index in [1.807, 2.05) is 42.5 Å². The first-order valence-corrected chi connectivity index (χ1v) is 8.62. The van der Waals surface area contributed by atoms with Gasteiger partial charge in [0.2, 0.25) is 0 Å². The van der Waals surface area contributed by atoms with Crippen LogP contribution in [0.1, 0.15) is 41.3 Å². The lowest BCUT2D eigenvalue weighted by atomic mass is 9.95. The third-order valence-electron chi connectivity index (χ3n) is 4.42. The summed E-state index contributed by atoms with van der Waals surface area (Å²) < 4.78 is 0. The van der Waals surface area contributed by atoms with Gasteiger partial charge in [0.25, 0.3) is 5.91 Å². The van der Waals surface area contributed by atoms with E-state index in [0.29, 0.717) is 11.5 Å². The molecule has 0 atom stereocenters. The van der Waals surface area contributed by atoms with Gasteiger partial charge in [0, 0.05) is 16.8 Å². The van der Waals surface area contributed by atoms with Gasteiger partial charge in [0.15, 0.2) is 0 Å². The summed E-state index contributed by atoms with van der Waals surface area (Å²) >= 11 is 0. The number of anilines is 1. The van der Waals surface area contributed by atoms with Crippen molar-refractivity contribution < 1.29 is 4.79 Å². The summed E-state index contributed by atoms with van der Waals surface area (Å²) in [5, 5.41) is 3.06. The monoisotopic (exact) mass is 329 g/mol. The van der Waals surface area contributed by atoms with Crippen molar-refractivity contribution in [3.8, 4) is 11.1 Å². The van der Waals surface area contributed by atoms with E-state index >= 15 is 0 Å². The summed E-state index contributed by atoms with van der Waals surface area (Å²) in [5.74, 6) is 0.412. The average molecular weight is 329 g/mol. The van der Waals surface area contributed by atoms with E-state index in [4.69, 9.17) is 0 Å². The molecule has 0 bridgehead atoms. The molecule has 0 unspecified atom stereocenters. The molecule has 0 radical (unpaired) electrons. The topological polar surface area (TPSA) is 29.1 Å². The minimum atomic E-state index is -0.0914. The van der Waals surface area contributed by atoms with E-state index in [1.165, 1.54) is 5.56 Å². The summed E-state index contributed by atoms with van der Waals surface area (Å²) in [4.78, 5) is 12.5. The maximum absolute atomic E-state index is 12.5. The first-order valence-electron chi connectivity index (χ1n) is 8.62. The number of rotatable bonds is 4. The van der Waals surface area contributed by atoms with Crippen molar-refractivity contribution in [3.63, 3.8) is 0 Å². The Morgan fingerprint density at radius 3 is 2.16 bits per heavy atom. The zero-order chi connectivity index (χ0) is 17.8. The molecule has 3 aromatic rings. The first kappa shape index (κ1) is 17.0. The van der Waals surface area contributed by atoms with E-state index in [-0.39, 0.29) is 5.91 Å². The standard InChI is InChI=1S/C23H23NO/c1-16(2)18-12-14-19(15-13-18)22-17(3)8-7-11-21(22)24-23(25)20-9-5-4-6-10-20/h4-16H,1-3H3,(H,24,25). The highest BCUT2D eigenvalue weighted by molar-refractivity contribution is 6.06. The Balaban J connectivity index is 1.96. The number of benzene rings is 3. The molecule has 1 N–H and O–H groups in total. The lowest BCUT2D eigenvalue weighted by Crippen LogP contribution is -2.12. The maximum Gasteiger partial charge on any atom is 0.255 e. The van der Waals surface area contributed by atoms with Crippen molar-refractivity contribution in [3.05, 3.63) is 89.5 Å². The molecule has 3 aromatic carbocycles. The molecule has 3 rings (SSSR count). The quantitative estimate of drug-likeness (QED) is 0.621. The number of nitrogens with one attached hydrogen (secondary N) is 1. The van der Waals surface area contributed by atoms with Gasteiger partial charge in [0.05, 0.1) is 0 Å². The molecule has 1 amide bonds. The highest BCUT2D eigenvalue weighted by Gasteiger charge is 2.12. The van der Waals surface area contributed by atoms with E-state index in [0.717, 1.165) is 22.4 Å². The lowest BCUT2D eigenvalue weighted by molar-refractivity contribution is 0.102. The highest BCUT2D eigenvalue weighted by Crippen LogP contribution is 2.32. The van der Waals surface area contributed by atoms with E-state index in [1.54, 1.807) is 0 Å². The predicted molar refractivity (Wildman–Crippen MR) is 105 cm³/mol.